The van der Waals surface area contributed by atoms with Crippen molar-refractivity contribution in [3.63, 3.8) is 0 Å². The molecule has 2 amide bonds. The van der Waals surface area contributed by atoms with Crippen LogP contribution in [0.3, 0.4) is 0 Å². The van der Waals surface area contributed by atoms with Crippen LogP contribution >= 0.6 is 0 Å². The Morgan fingerprint density at radius 3 is 2.12 bits per heavy atom. The van der Waals surface area contributed by atoms with Gasteiger partial charge in [0.15, 0.2) is 0 Å². The lowest BCUT2D eigenvalue weighted by Gasteiger charge is -2.22. The molecule has 8 nitrogen and oxygen atoms in total. The van der Waals surface area contributed by atoms with Crippen molar-refractivity contribution >= 4 is 33.2 Å². The monoisotopic (exact) mass is 563 g/mol. The molecule has 1 heterocycles. The van der Waals surface area contributed by atoms with Gasteiger partial charge in [-0.2, -0.15) is 0 Å². The van der Waals surface area contributed by atoms with Gasteiger partial charge in [-0.05, 0) is 72.4 Å². The van der Waals surface area contributed by atoms with Crippen LogP contribution in [0.4, 0.5) is 11.4 Å². The quantitative estimate of drug-likeness (QED) is 0.364. The number of carbonyl (C=O) groups is 2. The fourth-order valence-electron chi connectivity index (χ4n) is 4.66. The topological polar surface area (TPSA) is 105 Å². The van der Waals surface area contributed by atoms with Gasteiger partial charge < -0.3 is 15.0 Å². The molecule has 40 heavy (non-hydrogen) atoms. The van der Waals surface area contributed by atoms with Crippen LogP contribution in [0.1, 0.15) is 72.7 Å². The number of amides is 2. The van der Waals surface area contributed by atoms with Crippen LogP contribution in [0.25, 0.3) is 0 Å². The Kier molecular flexibility index (Phi) is 8.83. The van der Waals surface area contributed by atoms with Gasteiger partial charge in [-0.3, -0.25) is 14.3 Å². The van der Waals surface area contributed by atoms with E-state index in [1.165, 1.54) is 25.3 Å². The number of nitrogens with zero attached hydrogens (tertiary/aromatic N) is 1. The van der Waals surface area contributed by atoms with Crippen molar-refractivity contribution in [3.8, 4) is 5.75 Å². The number of likely N-dealkylation sites (tertiary alicyclic amines) is 1. The van der Waals surface area contributed by atoms with Gasteiger partial charge in [0.25, 0.3) is 21.8 Å². The fraction of sp³-hybridized carbons (Fsp3) is 0.355. The standard InChI is InChI=1S/C31H37N3O5S/c1-31(2,3)23-14-12-22(13-15-23)29(35)32-24-10-9-11-25(20-24)33-40(37,38)26-16-17-28(39-4)27(21-26)30(36)34-18-7-5-6-8-19-34/h9-17,20-21,33H,5-8,18-19H2,1-4H3,(H,32,35). The highest BCUT2D eigenvalue weighted by Crippen LogP contribution is 2.27. The number of rotatable bonds is 7. The summed E-state index contributed by atoms with van der Waals surface area (Å²) in [6.45, 7) is 7.59. The molecular formula is C31H37N3O5S. The Hall–Kier alpha value is -3.85. The zero-order valence-electron chi connectivity index (χ0n) is 23.5. The minimum absolute atomic E-state index is 0.0225. The zero-order chi connectivity index (χ0) is 28.9. The van der Waals surface area contributed by atoms with Gasteiger partial charge in [0.05, 0.1) is 23.3 Å². The molecule has 0 atom stereocenters. The summed E-state index contributed by atoms with van der Waals surface area (Å²) in [5.74, 6) is -0.211. The van der Waals surface area contributed by atoms with Gasteiger partial charge in [-0.15, -0.1) is 0 Å². The van der Waals surface area contributed by atoms with E-state index in [0.717, 1.165) is 31.2 Å². The predicted octanol–water partition coefficient (Wildman–Crippen LogP) is 6.06. The van der Waals surface area contributed by atoms with Crippen molar-refractivity contribution in [3.05, 3.63) is 83.4 Å². The van der Waals surface area contributed by atoms with E-state index in [9.17, 15) is 18.0 Å². The molecule has 0 aromatic heterocycles. The van der Waals surface area contributed by atoms with Crippen LogP contribution in [-0.2, 0) is 15.4 Å². The molecule has 0 saturated carbocycles. The van der Waals surface area contributed by atoms with Crippen molar-refractivity contribution in [1.29, 1.82) is 0 Å². The van der Waals surface area contributed by atoms with Gasteiger partial charge in [0, 0.05) is 24.3 Å². The van der Waals surface area contributed by atoms with E-state index < -0.39 is 10.0 Å². The molecule has 0 aliphatic carbocycles. The molecule has 212 valence electrons. The van der Waals surface area contributed by atoms with Crippen LogP contribution < -0.4 is 14.8 Å². The summed E-state index contributed by atoms with van der Waals surface area (Å²) in [5.41, 5.74) is 2.53. The second kappa shape index (κ2) is 12.1. The molecule has 0 unspecified atom stereocenters. The van der Waals surface area contributed by atoms with Crippen LogP contribution in [-0.4, -0.2) is 45.3 Å². The average Bonchev–Trinajstić information content (AvgIpc) is 3.21. The van der Waals surface area contributed by atoms with Gasteiger partial charge in [0.2, 0.25) is 0 Å². The maximum atomic E-state index is 13.3. The number of methoxy groups -OCH3 is 1. The second-order valence-corrected chi connectivity index (χ2v) is 12.7. The van der Waals surface area contributed by atoms with Crippen LogP contribution in [0.15, 0.2) is 71.6 Å². The molecule has 1 saturated heterocycles. The number of carbonyl (C=O) groups excluding carboxylic acids is 2. The number of nitrogens with one attached hydrogen (secondary N) is 2. The molecule has 0 spiro atoms. The first kappa shape index (κ1) is 29.1. The highest BCUT2D eigenvalue weighted by molar-refractivity contribution is 7.92. The Labute approximate surface area is 236 Å². The molecule has 3 aromatic rings. The first-order chi connectivity index (χ1) is 19.0. The fourth-order valence-corrected chi connectivity index (χ4v) is 5.74. The summed E-state index contributed by atoms with van der Waals surface area (Å²) in [4.78, 5) is 27.8. The molecule has 4 rings (SSSR count). The SMILES string of the molecule is COc1ccc(S(=O)(=O)Nc2cccc(NC(=O)c3ccc(C(C)(C)C)cc3)c2)cc1C(=O)N1CCCCCC1. The lowest BCUT2D eigenvalue weighted by Crippen LogP contribution is -2.32. The summed E-state index contributed by atoms with van der Waals surface area (Å²) in [5, 5.41) is 2.82. The summed E-state index contributed by atoms with van der Waals surface area (Å²) in [7, 11) is -2.58. The van der Waals surface area contributed by atoms with Gasteiger partial charge in [-0.1, -0.05) is 51.8 Å². The number of hydrogen-bond donors (Lipinski definition) is 2. The molecule has 3 aromatic carbocycles. The summed E-state index contributed by atoms with van der Waals surface area (Å²) < 4.78 is 34.6. The van der Waals surface area contributed by atoms with Gasteiger partial charge >= 0.3 is 0 Å². The van der Waals surface area contributed by atoms with Gasteiger partial charge in [0.1, 0.15) is 5.75 Å². The summed E-state index contributed by atoms with van der Waals surface area (Å²) in [6, 6.07) is 18.2. The first-order valence-corrected chi connectivity index (χ1v) is 15.0. The highest BCUT2D eigenvalue weighted by atomic mass is 32.2. The third-order valence-electron chi connectivity index (χ3n) is 6.99. The second-order valence-electron chi connectivity index (χ2n) is 11.0. The average molecular weight is 564 g/mol. The Bertz CT molecular complexity index is 1470. The molecule has 2 N–H and O–H groups in total. The number of ether oxygens (including phenoxy) is 1. The lowest BCUT2D eigenvalue weighted by atomic mass is 9.87. The Balaban J connectivity index is 1.51. The number of hydrogen-bond acceptors (Lipinski definition) is 5. The van der Waals surface area contributed by atoms with E-state index in [2.05, 4.69) is 30.8 Å². The number of benzene rings is 3. The van der Waals surface area contributed by atoms with Crippen molar-refractivity contribution < 1.29 is 22.7 Å². The van der Waals surface area contributed by atoms with Crippen molar-refractivity contribution in [2.24, 2.45) is 0 Å². The maximum absolute atomic E-state index is 13.3. The molecule has 1 aliphatic rings. The molecule has 9 heteroatoms. The van der Waals surface area contributed by atoms with Crippen molar-refractivity contribution in [2.45, 2.75) is 56.8 Å². The molecule has 1 aliphatic heterocycles. The third kappa shape index (κ3) is 7.01. The van der Waals surface area contributed by atoms with E-state index in [-0.39, 0.29) is 33.4 Å². The van der Waals surface area contributed by atoms with Gasteiger partial charge in [-0.25, -0.2) is 8.42 Å². The smallest absolute Gasteiger partial charge is 0.261 e. The van der Waals surface area contributed by atoms with E-state index in [1.54, 1.807) is 41.3 Å². The molecule has 0 bridgehead atoms. The Morgan fingerprint density at radius 1 is 0.850 bits per heavy atom. The third-order valence-corrected chi connectivity index (χ3v) is 8.37. The normalized spacial score (nSPS) is 14.2. The van der Waals surface area contributed by atoms with Crippen molar-refractivity contribution in [1.82, 2.24) is 4.90 Å². The largest absolute Gasteiger partial charge is 0.496 e. The van der Waals surface area contributed by atoms with E-state index in [1.807, 2.05) is 12.1 Å². The van der Waals surface area contributed by atoms with Crippen LogP contribution in [0.2, 0.25) is 0 Å². The first-order valence-electron chi connectivity index (χ1n) is 13.5. The molecule has 1 fully saturated rings. The summed E-state index contributed by atoms with van der Waals surface area (Å²) >= 11 is 0. The van der Waals surface area contributed by atoms with E-state index in [0.29, 0.717) is 30.1 Å². The van der Waals surface area contributed by atoms with E-state index >= 15 is 0 Å². The highest BCUT2D eigenvalue weighted by Gasteiger charge is 2.24. The predicted molar refractivity (Wildman–Crippen MR) is 158 cm³/mol. The summed E-state index contributed by atoms with van der Waals surface area (Å²) in [6.07, 6.45) is 3.98. The van der Waals surface area contributed by atoms with Crippen molar-refractivity contribution in [2.75, 3.05) is 30.2 Å². The van der Waals surface area contributed by atoms with Crippen LogP contribution in [0.5, 0.6) is 5.75 Å². The lowest BCUT2D eigenvalue weighted by molar-refractivity contribution is 0.0757. The number of sulfonamides is 1. The Morgan fingerprint density at radius 2 is 1.50 bits per heavy atom. The molecule has 0 radical (unpaired) electrons. The molecular weight excluding hydrogens is 526 g/mol. The van der Waals surface area contributed by atoms with E-state index in [4.69, 9.17) is 4.74 Å². The maximum Gasteiger partial charge on any atom is 0.261 e. The zero-order valence-corrected chi connectivity index (χ0v) is 24.3. The minimum Gasteiger partial charge on any atom is -0.496 e. The number of anilines is 2. The van der Waals surface area contributed by atoms with Crippen LogP contribution in [0, 0.1) is 0 Å². The minimum atomic E-state index is -4.04.